The maximum Gasteiger partial charge on any atom is 0.335 e. The molecule has 0 aromatic rings. The van der Waals surface area contributed by atoms with Gasteiger partial charge in [0.05, 0.1) is 6.10 Å². The third-order valence-corrected chi connectivity index (χ3v) is 4.31. The Labute approximate surface area is 158 Å². The molecular weight excluding hydrogens is 388 g/mol. The molecule has 2 aliphatic rings. The van der Waals surface area contributed by atoms with Gasteiger partial charge in [0.2, 0.25) is 0 Å². The zero-order valence-corrected chi connectivity index (χ0v) is 14.9. The Morgan fingerprint density at radius 1 is 0.786 bits per heavy atom. The van der Waals surface area contributed by atoms with Crippen molar-refractivity contribution in [3.63, 3.8) is 0 Å². The van der Waals surface area contributed by atoms with Crippen molar-refractivity contribution in [3.8, 4) is 0 Å². The highest BCUT2D eigenvalue weighted by atomic mass is 16.7. The maximum atomic E-state index is 11.5. The van der Waals surface area contributed by atoms with E-state index in [-0.39, 0.29) is 0 Å². The summed E-state index contributed by atoms with van der Waals surface area (Å²) >= 11 is 0. The van der Waals surface area contributed by atoms with Crippen molar-refractivity contribution in [3.05, 3.63) is 0 Å². The molecule has 13 nitrogen and oxygen atoms in total. The van der Waals surface area contributed by atoms with Crippen LogP contribution in [-0.4, -0.2) is 115 Å². The Hall–Kier alpha value is -1.42. The molecule has 0 saturated carbocycles. The van der Waals surface area contributed by atoms with E-state index in [0.29, 0.717) is 0 Å². The molecule has 0 aromatic heterocycles. The second kappa shape index (κ2) is 8.94. The zero-order valence-electron chi connectivity index (χ0n) is 14.9. The Morgan fingerprint density at radius 3 is 1.79 bits per heavy atom. The molecule has 0 aliphatic carbocycles. The predicted octanol–water partition coefficient (Wildman–Crippen LogP) is -3.78. The minimum Gasteiger partial charge on any atom is -0.479 e. The fraction of sp³-hybridized carbons (Fsp3) is 0.867. The van der Waals surface area contributed by atoms with Crippen LogP contribution in [0.4, 0.5) is 0 Å². The van der Waals surface area contributed by atoms with Gasteiger partial charge in [-0.3, -0.25) is 0 Å². The van der Waals surface area contributed by atoms with Crippen molar-refractivity contribution in [1.29, 1.82) is 0 Å². The van der Waals surface area contributed by atoms with Crippen molar-refractivity contribution in [1.82, 2.24) is 0 Å². The second-order valence-corrected chi connectivity index (χ2v) is 6.76. The number of carbonyl (C=O) groups is 2. The molecule has 2 aliphatic heterocycles. The van der Waals surface area contributed by atoms with E-state index in [1.54, 1.807) is 13.8 Å². The molecule has 162 valence electrons. The highest BCUT2D eigenvalue weighted by molar-refractivity contribution is 5.74. The van der Waals surface area contributed by atoms with Crippen molar-refractivity contribution < 1.29 is 64.3 Å². The number of ether oxygens (including phenoxy) is 4. The van der Waals surface area contributed by atoms with Gasteiger partial charge in [0.15, 0.2) is 24.8 Å². The monoisotopic (exact) mass is 412 g/mol. The average molecular weight is 412 g/mol. The minimum absolute atomic E-state index is 0.517. The fourth-order valence-electron chi connectivity index (χ4n) is 2.97. The summed E-state index contributed by atoms with van der Waals surface area (Å²) in [6.07, 6.45) is -19.1. The normalized spacial score (nSPS) is 44.4. The van der Waals surface area contributed by atoms with Crippen LogP contribution in [0.3, 0.4) is 0 Å². The van der Waals surface area contributed by atoms with Gasteiger partial charge in [0.25, 0.3) is 0 Å². The Kier molecular flexibility index (Phi) is 7.30. The van der Waals surface area contributed by atoms with Crippen molar-refractivity contribution in [2.75, 3.05) is 0 Å². The molecule has 6 unspecified atom stereocenters. The van der Waals surface area contributed by atoms with E-state index in [1.165, 1.54) is 0 Å². The molecule has 0 radical (unpaired) electrons. The third kappa shape index (κ3) is 4.59. The van der Waals surface area contributed by atoms with Crippen LogP contribution in [-0.2, 0) is 28.5 Å². The van der Waals surface area contributed by atoms with E-state index in [1.807, 2.05) is 0 Å². The van der Waals surface area contributed by atoms with Crippen LogP contribution in [0.15, 0.2) is 0 Å². The average Bonchev–Trinajstić information content (AvgIpc) is 2.60. The number of carboxylic acids is 2. The molecule has 10 atom stereocenters. The van der Waals surface area contributed by atoms with E-state index in [9.17, 15) is 45.3 Å². The lowest BCUT2D eigenvalue weighted by Gasteiger charge is -2.45. The second-order valence-electron chi connectivity index (χ2n) is 6.76. The highest BCUT2D eigenvalue weighted by Gasteiger charge is 2.54. The first kappa shape index (κ1) is 22.9. The summed E-state index contributed by atoms with van der Waals surface area (Å²) in [6.45, 7) is 3.14. The number of hydrogen-bond acceptors (Lipinski definition) is 11. The van der Waals surface area contributed by atoms with Crippen molar-refractivity contribution >= 4 is 11.9 Å². The van der Waals surface area contributed by atoms with Gasteiger partial charge in [-0.15, -0.1) is 0 Å². The number of hydrogen-bond donors (Lipinski definition) is 7. The Morgan fingerprint density at radius 2 is 1.29 bits per heavy atom. The smallest absolute Gasteiger partial charge is 0.335 e. The summed E-state index contributed by atoms with van der Waals surface area (Å²) in [5.74, 6) is -3.22. The van der Waals surface area contributed by atoms with Crippen LogP contribution in [0.5, 0.6) is 0 Å². The van der Waals surface area contributed by atoms with Gasteiger partial charge >= 0.3 is 11.9 Å². The molecule has 13 heteroatoms. The molecule has 2 fully saturated rings. The maximum absolute atomic E-state index is 11.5. The summed E-state index contributed by atoms with van der Waals surface area (Å²) in [6, 6.07) is 0. The van der Waals surface area contributed by atoms with Gasteiger partial charge in [-0.25, -0.2) is 9.59 Å². The SMILES string of the molecule is CC(C)O[C@@H]1C(C(=O)O)OC(O[C@@H]2C(C(=O)O)OC(O)C(O)[C@H]2O)C(O)[C@H]1O. The highest BCUT2D eigenvalue weighted by Crippen LogP contribution is 2.30. The molecule has 0 spiro atoms. The van der Waals surface area contributed by atoms with Gasteiger partial charge < -0.3 is 54.7 Å². The number of carboxylic acid groups (broad SMARTS) is 2. The number of aliphatic hydroxyl groups excluding tert-OH is 5. The van der Waals surface area contributed by atoms with E-state index >= 15 is 0 Å². The summed E-state index contributed by atoms with van der Waals surface area (Å²) < 4.78 is 20.3. The zero-order chi connectivity index (χ0) is 21.3. The van der Waals surface area contributed by atoms with Crippen LogP contribution < -0.4 is 0 Å². The van der Waals surface area contributed by atoms with E-state index in [0.717, 1.165) is 0 Å². The fourth-order valence-corrected chi connectivity index (χ4v) is 2.97. The van der Waals surface area contributed by atoms with Crippen LogP contribution >= 0.6 is 0 Å². The van der Waals surface area contributed by atoms with Gasteiger partial charge in [0.1, 0.15) is 36.6 Å². The standard InChI is InChI=1S/C15H24O13/c1-3(2)25-8-5(17)7(19)15(28-11(8)13(22)23)27-9-4(16)6(18)14(24)26-10(9)12(20)21/h3-11,14-19,24H,1-2H3,(H,20,21)(H,22,23)/t4-,5-,6?,7?,8+,9+,10?,11?,14?,15?/m1/s1. The molecule has 0 aromatic carbocycles. The van der Waals surface area contributed by atoms with Crippen molar-refractivity contribution in [2.24, 2.45) is 0 Å². The number of aliphatic hydroxyl groups is 5. The quantitative estimate of drug-likeness (QED) is 0.223. The molecule has 28 heavy (non-hydrogen) atoms. The Balaban J connectivity index is 2.23. The van der Waals surface area contributed by atoms with Crippen LogP contribution in [0, 0.1) is 0 Å². The molecular formula is C15H24O13. The lowest BCUT2D eigenvalue weighted by atomic mass is 9.96. The predicted molar refractivity (Wildman–Crippen MR) is 83.7 cm³/mol. The van der Waals surface area contributed by atoms with Crippen LogP contribution in [0.25, 0.3) is 0 Å². The lowest BCUT2D eigenvalue weighted by Crippen LogP contribution is -2.66. The minimum atomic E-state index is -2.02. The summed E-state index contributed by atoms with van der Waals surface area (Å²) in [5, 5.41) is 68.1. The topological polar surface area (TPSA) is 213 Å². The first-order valence-electron chi connectivity index (χ1n) is 8.43. The summed E-state index contributed by atoms with van der Waals surface area (Å²) in [5.41, 5.74) is 0. The molecule has 2 heterocycles. The van der Waals surface area contributed by atoms with Gasteiger partial charge in [-0.05, 0) is 13.8 Å². The Bertz CT molecular complexity index is 568. The van der Waals surface area contributed by atoms with Gasteiger partial charge in [0, 0.05) is 0 Å². The van der Waals surface area contributed by atoms with Crippen LogP contribution in [0.2, 0.25) is 0 Å². The third-order valence-electron chi connectivity index (χ3n) is 4.31. The van der Waals surface area contributed by atoms with E-state index in [2.05, 4.69) is 4.74 Å². The van der Waals surface area contributed by atoms with Crippen molar-refractivity contribution in [2.45, 2.75) is 81.4 Å². The molecule has 2 rings (SSSR count). The molecule has 0 amide bonds. The van der Waals surface area contributed by atoms with E-state index < -0.39 is 79.5 Å². The summed E-state index contributed by atoms with van der Waals surface area (Å²) in [4.78, 5) is 22.8. The van der Waals surface area contributed by atoms with Crippen LogP contribution in [0.1, 0.15) is 13.8 Å². The number of aliphatic carboxylic acids is 2. The molecule has 2 saturated heterocycles. The molecule has 7 N–H and O–H groups in total. The first-order chi connectivity index (χ1) is 13.0. The van der Waals surface area contributed by atoms with E-state index in [4.69, 9.17) is 14.2 Å². The largest absolute Gasteiger partial charge is 0.479 e. The molecule has 0 bridgehead atoms. The lowest BCUT2D eigenvalue weighted by molar-refractivity contribution is -0.349. The first-order valence-corrected chi connectivity index (χ1v) is 8.43. The summed E-state index contributed by atoms with van der Waals surface area (Å²) in [7, 11) is 0. The van der Waals surface area contributed by atoms with Gasteiger partial charge in [-0.1, -0.05) is 0 Å². The number of rotatable bonds is 6. The van der Waals surface area contributed by atoms with Gasteiger partial charge in [-0.2, -0.15) is 0 Å².